The Balaban J connectivity index is 1.53. The van der Waals surface area contributed by atoms with Gasteiger partial charge in [-0.2, -0.15) is 0 Å². The molecule has 0 spiro atoms. The standard InChI is InChI=1S/C32H29N3/c1-31(2,3)30-34-28(22-15-14-20-10-6-7-11-21(20)18-22)33-29(35-30)23-16-17-25-24-12-8-9-13-26(24)32(4,5)27(25)19-23/h6-19H,1-5H3. The van der Waals surface area contributed by atoms with Gasteiger partial charge in [0.1, 0.15) is 5.82 Å². The number of hydrogen-bond acceptors (Lipinski definition) is 3. The predicted molar refractivity (Wildman–Crippen MR) is 144 cm³/mol. The van der Waals surface area contributed by atoms with Crippen molar-refractivity contribution in [2.24, 2.45) is 0 Å². The van der Waals surface area contributed by atoms with Crippen molar-refractivity contribution >= 4 is 10.8 Å². The van der Waals surface area contributed by atoms with E-state index in [1.807, 2.05) is 0 Å². The molecule has 5 aromatic rings. The summed E-state index contributed by atoms with van der Waals surface area (Å²) in [6.45, 7) is 11.1. The average molecular weight is 456 g/mol. The normalized spacial score (nSPS) is 14.1. The number of fused-ring (bicyclic) bond motifs is 4. The van der Waals surface area contributed by atoms with Gasteiger partial charge in [0.25, 0.3) is 0 Å². The van der Waals surface area contributed by atoms with Crippen LogP contribution in [-0.2, 0) is 10.8 Å². The molecule has 0 bridgehead atoms. The second-order valence-corrected chi connectivity index (χ2v) is 11.0. The maximum absolute atomic E-state index is 4.99. The highest BCUT2D eigenvalue weighted by molar-refractivity contribution is 5.87. The van der Waals surface area contributed by atoms with Gasteiger partial charge in [-0.15, -0.1) is 0 Å². The Morgan fingerprint density at radius 1 is 0.571 bits per heavy atom. The lowest BCUT2D eigenvalue weighted by Gasteiger charge is -2.22. The molecule has 1 heterocycles. The lowest BCUT2D eigenvalue weighted by Crippen LogP contribution is -2.18. The van der Waals surface area contributed by atoms with E-state index in [-0.39, 0.29) is 10.8 Å². The van der Waals surface area contributed by atoms with Gasteiger partial charge in [-0.05, 0) is 45.2 Å². The maximum Gasteiger partial charge on any atom is 0.163 e. The summed E-state index contributed by atoms with van der Waals surface area (Å²) in [5, 5.41) is 2.39. The van der Waals surface area contributed by atoms with Crippen LogP contribution in [0.25, 0.3) is 44.7 Å². The fraction of sp³-hybridized carbons (Fsp3) is 0.219. The zero-order chi connectivity index (χ0) is 24.4. The smallest absolute Gasteiger partial charge is 0.163 e. The Labute approximate surface area is 206 Å². The van der Waals surface area contributed by atoms with E-state index in [1.54, 1.807) is 0 Å². The first-order chi connectivity index (χ1) is 16.7. The van der Waals surface area contributed by atoms with Gasteiger partial charge in [0.2, 0.25) is 0 Å². The van der Waals surface area contributed by atoms with E-state index in [1.165, 1.54) is 33.0 Å². The third-order valence-corrected chi connectivity index (χ3v) is 7.16. The first kappa shape index (κ1) is 21.7. The molecular formula is C32H29N3. The Morgan fingerprint density at radius 3 is 1.91 bits per heavy atom. The number of nitrogens with zero attached hydrogens (tertiary/aromatic N) is 3. The van der Waals surface area contributed by atoms with E-state index in [0.29, 0.717) is 5.82 Å². The zero-order valence-corrected chi connectivity index (χ0v) is 20.9. The number of benzene rings is 4. The van der Waals surface area contributed by atoms with Crippen molar-refractivity contribution in [3.63, 3.8) is 0 Å². The fourth-order valence-corrected chi connectivity index (χ4v) is 5.14. The summed E-state index contributed by atoms with van der Waals surface area (Å²) in [4.78, 5) is 14.9. The summed E-state index contributed by atoms with van der Waals surface area (Å²) < 4.78 is 0. The highest BCUT2D eigenvalue weighted by Gasteiger charge is 2.35. The Bertz CT molecular complexity index is 1610. The predicted octanol–water partition coefficient (Wildman–Crippen LogP) is 7.96. The van der Waals surface area contributed by atoms with Crippen LogP contribution in [0, 0.1) is 0 Å². The van der Waals surface area contributed by atoms with Gasteiger partial charge >= 0.3 is 0 Å². The van der Waals surface area contributed by atoms with Gasteiger partial charge < -0.3 is 0 Å². The molecule has 0 N–H and O–H groups in total. The second-order valence-electron chi connectivity index (χ2n) is 11.0. The van der Waals surface area contributed by atoms with Crippen LogP contribution in [0.5, 0.6) is 0 Å². The molecule has 1 aliphatic rings. The summed E-state index contributed by atoms with van der Waals surface area (Å²) in [6.07, 6.45) is 0. The fourth-order valence-electron chi connectivity index (χ4n) is 5.14. The SMILES string of the molecule is CC(C)(C)c1nc(-c2ccc3c(c2)C(C)(C)c2ccccc2-3)nc(-c2ccc3ccccc3c2)n1. The lowest BCUT2D eigenvalue weighted by molar-refractivity contribution is 0.543. The van der Waals surface area contributed by atoms with Gasteiger partial charge in [-0.1, -0.05) is 107 Å². The molecule has 0 fully saturated rings. The molecule has 0 aliphatic heterocycles. The molecular weight excluding hydrogens is 426 g/mol. The minimum atomic E-state index is -0.199. The zero-order valence-electron chi connectivity index (χ0n) is 20.9. The summed E-state index contributed by atoms with van der Waals surface area (Å²) in [5.74, 6) is 2.24. The van der Waals surface area contributed by atoms with E-state index >= 15 is 0 Å². The molecule has 3 nitrogen and oxygen atoms in total. The number of hydrogen-bond donors (Lipinski definition) is 0. The summed E-state index contributed by atoms with van der Waals surface area (Å²) in [5.41, 5.74) is 7.08. The number of rotatable bonds is 2. The highest BCUT2D eigenvalue weighted by Crippen LogP contribution is 2.49. The molecule has 6 rings (SSSR count). The maximum atomic E-state index is 4.99. The summed E-state index contributed by atoms with van der Waals surface area (Å²) >= 11 is 0. The van der Waals surface area contributed by atoms with Crippen molar-refractivity contribution in [2.45, 2.75) is 45.4 Å². The Morgan fingerprint density at radius 2 is 1.17 bits per heavy atom. The molecule has 1 aliphatic carbocycles. The van der Waals surface area contributed by atoms with E-state index in [2.05, 4.69) is 120 Å². The van der Waals surface area contributed by atoms with Crippen LogP contribution in [0.1, 0.15) is 51.6 Å². The van der Waals surface area contributed by atoms with Gasteiger partial charge in [0, 0.05) is 22.0 Å². The van der Waals surface area contributed by atoms with Crippen LogP contribution in [0.4, 0.5) is 0 Å². The Kier molecular flexibility index (Phi) is 4.69. The lowest BCUT2D eigenvalue weighted by atomic mass is 9.82. The van der Waals surface area contributed by atoms with E-state index in [0.717, 1.165) is 22.8 Å². The Hall–Kier alpha value is -3.85. The van der Waals surface area contributed by atoms with Crippen LogP contribution >= 0.6 is 0 Å². The van der Waals surface area contributed by atoms with Gasteiger partial charge in [-0.25, -0.2) is 15.0 Å². The average Bonchev–Trinajstić information content (AvgIpc) is 3.09. The van der Waals surface area contributed by atoms with Crippen molar-refractivity contribution in [1.82, 2.24) is 15.0 Å². The molecule has 0 saturated heterocycles. The second kappa shape index (κ2) is 7.58. The van der Waals surface area contributed by atoms with Crippen molar-refractivity contribution in [1.29, 1.82) is 0 Å². The van der Waals surface area contributed by atoms with Gasteiger partial charge in [0.05, 0.1) is 0 Å². The van der Waals surface area contributed by atoms with E-state index < -0.39 is 0 Å². The molecule has 4 aromatic carbocycles. The van der Waals surface area contributed by atoms with Gasteiger partial charge in [0.15, 0.2) is 11.6 Å². The quantitative estimate of drug-likeness (QED) is 0.271. The van der Waals surface area contributed by atoms with Crippen molar-refractivity contribution in [3.05, 3.63) is 102 Å². The largest absolute Gasteiger partial charge is 0.212 e. The molecule has 172 valence electrons. The van der Waals surface area contributed by atoms with Crippen molar-refractivity contribution in [3.8, 4) is 33.9 Å². The molecule has 0 saturated carbocycles. The minimum absolute atomic E-state index is 0.0665. The molecule has 0 atom stereocenters. The first-order valence-corrected chi connectivity index (χ1v) is 12.2. The molecule has 0 amide bonds. The van der Waals surface area contributed by atoms with Crippen molar-refractivity contribution < 1.29 is 0 Å². The van der Waals surface area contributed by atoms with E-state index in [4.69, 9.17) is 15.0 Å². The molecule has 0 radical (unpaired) electrons. The first-order valence-electron chi connectivity index (χ1n) is 12.2. The highest BCUT2D eigenvalue weighted by atomic mass is 15.0. The summed E-state index contributed by atoms with van der Waals surface area (Å²) in [7, 11) is 0. The van der Waals surface area contributed by atoms with Crippen LogP contribution in [-0.4, -0.2) is 15.0 Å². The summed E-state index contributed by atoms with van der Waals surface area (Å²) in [6, 6.07) is 30.2. The molecule has 35 heavy (non-hydrogen) atoms. The van der Waals surface area contributed by atoms with E-state index in [9.17, 15) is 0 Å². The minimum Gasteiger partial charge on any atom is -0.212 e. The molecule has 1 aromatic heterocycles. The monoisotopic (exact) mass is 455 g/mol. The van der Waals surface area contributed by atoms with Crippen LogP contribution in [0.3, 0.4) is 0 Å². The van der Waals surface area contributed by atoms with Crippen LogP contribution < -0.4 is 0 Å². The molecule has 0 unspecified atom stereocenters. The number of aromatic nitrogens is 3. The van der Waals surface area contributed by atoms with Crippen LogP contribution in [0.2, 0.25) is 0 Å². The third kappa shape index (κ3) is 3.54. The molecule has 3 heteroatoms. The van der Waals surface area contributed by atoms with Crippen LogP contribution in [0.15, 0.2) is 84.9 Å². The van der Waals surface area contributed by atoms with Gasteiger partial charge in [-0.3, -0.25) is 0 Å². The third-order valence-electron chi connectivity index (χ3n) is 7.16. The van der Waals surface area contributed by atoms with Crippen molar-refractivity contribution in [2.75, 3.05) is 0 Å². The topological polar surface area (TPSA) is 38.7 Å².